The Labute approximate surface area is 184 Å². The zero-order valence-corrected chi connectivity index (χ0v) is 18.2. The van der Waals surface area contributed by atoms with E-state index in [1.54, 1.807) is 24.3 Å². The van der Waals surface area contributed by atoms with Crippen LogP contribution in [0.5, 0.6) is 11.5 Å². The maximum Gasteiger partial charge on any atom is 0.269 e. The summed E-state index contributed by atoms with van der Waals surface area (Å²) in [5.41, 5.74) is 1.36. The van der Waals surface area contributed by atoms with Gasteiger partial charge in [0.25, 0.3) is 5.56 Å². The minimum atomic E-state index is -3.73. The Morgan fingerprint density at radius 3 is 2.56 bits per heavy atom. The largest absolute Gasteiger partial charge is 0.454 e. The molecule has 3 aromatic rings. The van der Waals surface area contributed by atoms with E-state index in [0.29, 0.717) is 34.9 Å². The van der Waals surface area contributed by atoms with Crippen molar-refractivity contribution in [1.29, 1.82) is 0 Å². The van der Waals surface area contributed by atoms with Crippen LogP contribution in [0.1, 0.15) is 18.1 Å². The van der Waals surface area contributed by atoms with Gasteiger partial charge in [-0.1, -0.05) is 25.6 Å². The van der Waals surface area contributed by atoms with E-state index in [1.165, 1.54) is 11.7 Å². The standard InChI is InChI=1S/C22H21F2N3O4S/c1-4-14-11-18(26-27(3)22(14)28)21-15(13-25-32(29,30)5-2)7-6-8-20(21)31-19-10-9-16(23)12-17(19)24/h5-12,25H,2,4,13H2,1,3H3. The van der Waals surface area contributed by atoms with Crippen molar-refractivity contribution >= 4 is 10.0 Å². The molecule has 3 rings (SSSR count). The van der Waals surface area contributed by atoms with Crippen LogP contribution in [-0.4, -0.2) is 18.2 Å². The van der Waals surface area contributed by atoms with Gasteiger partial charge in [0.05, 0.1) is 5.69 Å². The average Bonchev–Trinajstić information content (AvgIpc) is 2.76. The van der Waals surface area contributed by atoms with Gasteiger partial charge in [-0.25, -0.2) is 26.6 Å². The highest BCUT2D eigenvalue weighted by Crippen LogP contribution is 2.36. The summed E-state index contributed by atoms with van der Waals surface area (Å²) in [5, 5.41) is 5.07. The van der Waals surface area contributed by atoms with Gasteiger partial charge < -0.3 is 4.74 Å². The quantitative estimate of drug-likeness (QED) is 0.553. The normalized spacial score (nSPS) is 11.4. The molecule has 7 nitrogen and oxygen atoms in total. The first-order valence-electron chi connectivity index (χ1n) is 9.59. The van der Waals surface area contributed by atoms with Crippen LogP contribution in [-0.2, 0) is 30.0 Å². The van der Waals surface area contributed by atoms with Crippen molar-refractivity contribution in [3.63, 3.8) is 0 Å². The molecule has 2 aromatic carbocycles. The highest BCUT2D eigenvalue weighted by molar-refractivity contribution is 7.92. The summed E-state index contributed by atoms with van der Waals surface area (Å²) in [6, 6.07) is 9.26. The zero-order chi connectivity index (χ0) is 23.5. The molecule has 0 saturated carbocycles. The van der Waals surface area contributed by atoms with E-state index in [4.69, 9.17) is 4.74 Å². The third-order valence-corrected chi connectivity index (χ3v) is 5.67. The molecule has 1 aromatic heterocycles. The van der Waals surface area contributed by atoms with Gasteiger partial charge in [0.15, 0.2) is 11.6 Å². The summed E-state index contributed by atoms with van der Waals surface area (Å²) in [7, 11) is -2.24. The van der Waals surface area contributed by atoms with Crippen LogP contribution in [0.25, 0.3) is 11.3 Å². The fourth-order valence-corrected chi connectivity index (χ4v) is 3.53. The highest BCUT2D eigenvalue weighted by atomic mass is 32.2. The van der Waals surface area contributed by atoms with Gasteiger partial charge in [0.1, 0.15) is 11.6 Å². The van der Waals surface area contributed by atoms with Crippen LogP contribution in [0.3, 0.4) is 0 Å². The fraction of sp³-hybridized carbons (Fsp3) is 0.182. The molecule has 1 N–H and O–H groups in total. The van der Waals surface area contributed by atoms with Crippen LogP contribution in [0.2, 0.25) is 0 Å². The molecular weight excluding hydrogens is 440 g/mol. The van der Waals surface area contributed by atoms with Crippen LogP contribution in [0, 0.1) is 11.6 Å². The molecule has 10 heteroatoms. The number of rotatable bonds is 8. The second-order valence-electron chi connectivity index (χ2n) is 6.84. The van der Waals surface area contributed by atoms with Crippen molar-refractivity contribution in [2.45, 2.75) is 19.9 Å². The summed E-state index contributed by atoms with van der Waals surface area (Å²) >= 11 is 0. The van der Waals surface area contributed by atoms with Gasteiger partial charge in [-0.3, -0.25) is 4.79 Å². The Bertz CT molecular complexity index is 1340. The van der Waals surface area contributed by atoms with Crippen LogP contribution in [0.15, 0.2) is 59.2 Å². The van der Waals surface area contributed by atoms with Gasteiger partial charge >= 0.3 is 0 Å². The molecule has 0 bridgehead atoms. The molecule has 0 saturated heterocycles. The number of nitrogens with zero attached hydrogens (tertiary/aromatic N) is 2. The summed E-state index contributed by atoms with van der Waals surface area (Å²) in [6.45, 7) is 4.94. The van der Waals surface area contributed by atoms with Crippen molar-refractivity contribution in [3.8, 4) is 22.8 Å². The van der Waals surface area contributed by atoms with Crippen molar-refractivity contribution in [1.82, 2.24) is 14.5 Å². The molecule has 1 heterocycles. The van der Waals surface area contributed by atoms with Gasteiger partial charge in [-0.15, -0.1) is 0 Å². The van der Waals surface area contributed by atoms with E-state index in [0.717, 1.165) is 17.5 Å². The number of aryl methyl sites for hydroxylation is 2. The lowest BCUT2D eigenvalue weighted by molar-refractivity contribution is 0.438. The molecule has 0 amide bonds. The second-order valence-corrected chi connectivity index (χ2v) is 8.55. The SMILES string of the molecule is C=CS(=O)(=O)NCc1cccc(Oc2ccc(F)cc2F)c1-c1cc(CC)c(=O)n(C)n1. The maximum absolute atomic E-state index is 14.2. The molecule has 0 unspecified atom stereocenters. The zero-order valence-electron chi connectivity index (χ0n) is 17.4. The first-order valence-corrected chi connectivity index (χ1v) is 11.1. The molecule has 0 spiro atoms. The summed E-state index contributed by atoms with van der Waals surface area (Å²) < 4.78 is 60.5. The number of benzene rings is 2. The number of nitrogens with one attached hydrogen (secondary N) is 1. The molecule has 0 radical (unpaired) electrons. The number of sulfonamides is 1. The van der Waals surface area contributed by atoms with E-state index in [9.17, 15) is 22.0 Å². The molecular formula is C22H21F2N3O4S. The minimum Gasteiger partial charge on any atom is -0.454 e. The van der Waals surface area contributed by atoms with E-state index < -0.39 is 21.7 Å². The number of aromatic nitrogens is 2. The highest BCUT2D eigenvalue weighted by Gasteiger charge is 2.19. The maximum atomic E-state index is 14.2. The molecule has 0 aliphatic rings. The van der Waals surface area contributed by atoms with Crippen LogP contribution in [0.4, 0.5) is 8.78 Å². The molecule has 0 fully saturated rings. The number of hydrogen-bond donors (Lipinski definition) is 1. The Balaban J connectivity index is 2.19. The first-order chi connectivity index (χ1) is 15.1. The Morgan fingerprint density at radius 1 is 1.16 bits per heavy atom. The van der Waals surface area contributed by atoms with E-state index >= 15 is 0 Å². The Kier molecular flexibility index (Phi) is 6.85. The lowest BCUT2D eigenvalue weighted by Crippen LogP contribution is -2.24. The van der Waals surface area contributed by atoms with Gasteiger partial charge in [0, 0.05) is 36.2 Å². The fourth-order valence-electron chi connectivity index (χ4n) is 3.06. The van der Waals surface area contributed by atoms with Crippen molar-refractivity contribution < 1.29 is 21.9 Å². The molecule has 168 valence electrons. The third-order valence-electron chi connectivity index (χ3n) is 4.68. The summed E-state index contributed by atoms with van der Waals surface area (Å²) in [6.07, 6.45) is 0.441. The van der Waals surface area contributed by atoms with Crippen molar-refractivity contribution in [3.05, 3.63) is 87.6 Å². The summed E-state index contributed by atoms with van der Waals surface area (Å²) in [5.74, 6) is -1.73. The number of hydrogen-bond acceptors (Lipinski definition) is 5. The molecule has 32 heavy (non-hydrogen) atoms. The number of halogens is 2. The smallest absolute Gasteiger partial charge is 0.269 e. The topological polar surface area (TPSA) is 90.3 Å². The van der Waals surface area contributed by atoms with Gasteiger partial charge in [-0.2, -0.15) is 5.10 Å². The second kappa shape index (κ2) is 9.41. The Hall–Kier alpha value is -3.37. The van der Waals surface area contributed by atoms with E-state index in [1.807, 2.05) is 6.92 Å². The molecule has 0 atom stereocenters. The molecule has 0 aliphatic heterocycles. The average molecular weight is 461 g/mol. The first kappa shape index (κ1) is 23.3. The predicted molar refractivity (Wildman–Crippen MR) is 117 cm³/mol. The van der Waals surface area contributed by atoms with Gasteiger partial charge in [-0.05, 0) is 36.2 Å². The number of ether oxygens (including phenoxy) is 1. The lowest BCUT2D eigenvalue weighted by atomic mass is 10.0. The third kappa shape index (κ3) is 5.09. The molecule has 0 aliphatic carbocycles. The van der Waals surface area contributed by atoms with Crippen LogP contribution < -0.4 is 15.0 Å². The Morgan fingerprint density at radius 2 is 1.91 bits per heavy atom. The summed E-state index contributed by atoms with van der Waals surface area (Å²) in [4.78, 5) is 12.3. The van der Waals surface area contributed by atoms with Crippen molar-refractivity contribution in [2.24, 2.45) is 7.05 Å². The van der Waals surface area contributed by atoms with Gasteiger partial charge in [0.2, 0.25) is 10.0 Å². The monoisotopic (exact) mass is 461 g/mol. The van der Waals surface area contributed by atoms with E-state index in [-0.39, 0.29) is 23.6 Å². The lowest BCUT2D eigenvalue weighted by Gasteiger charge is -2.17. The van der Waals surface area contributed by atoms with Crippen molar-refractivity contribution in [2.75, 3.05) is 0 Å². The predicted octanol–water partition coefficient (Wildman–Crippen LogP) is 3.64. The van der Waals surface area contributed by atoms with E-state index in [2.05, 4.69) is 16.4 Å². The minimum absolute atomic E-state index is 0.140. The van der Waals surface area contributed by atoms with Crippen LogP contribution >= 0.6 is 0 Å².